The van der Waals surface area contributed by atoms with Crippen LogP contribution in [0.5, 0.6) is 0 Å². The van der Waals surface area contributed by atoms with Crippen molar-refractivity contribution in [3.63, 3.8) is 0 Å². The van der Waals surface area contributed by atoms with Crippen molar-refractivity contribution in [3.8, 4) is 0 Å². The second-order valence-corrected chi connectivity index (χ2v) is 3.85. The highest BCUT2D eigenvalue weighted by Gasteiger charge is 2.21. The van der Waals surface area contributed by atoms with Crippen molar-refractivity contribution in [2.45, 2.75) is 19.8 Å². The molecule has 6 nitrogen and oxygen atoms in total. The normalized spacial score (nSPS) is 10.2. The molecule has 0 aliphatic carbocycles. The molecule has 0 fully saturated rings. The van der Waals surface area contributed by atoms with E-state index < -0.39 is 33.9 Å². The number of hydrogen-bond acceptors (Lipinski definition) is 5. The number of nitrogens with one attached hydrogen (secondary N) is 1. The van der Waals surface area contributed by atoms with Crippen molar-refractivity contribution in [1.82, 2.24) is 0 Å². The summed E-state index contributed by atoms with van der Waals surface area (Å²) in [5.74, 6) is -2.90. The summed E-state index contributed by atoms with van der Waals surface area (Å²) < 4.78 is 31.2. The van der Waals surface area contributed by atoms with Crippen molar-refractivity contribution < 1.29 is 23.2 Å². The minimum absolute atomic E-state index is 0.0834. The molecule has 0 heterocycles. The van der Waals surface area contributed by atoms with Crippen LogP contribution in [-0.4, -0.2) is 24.0 Å². The van der Waals surface area contributed by atoms with Crippen LogP contribution in [0.4, 0.5) is 20.2 Å². The number of rotatable bonds is 7. The van der Waals surface area contributed by atoms with Crippen LogP contribution in [0.15, 0.2) is 12.1 Å². The van der Waals surface area contributed by atoms with Gasteiger partial charge in [-0.2, -0.15) is 0 Å². The van der Waals surface area contributed by atoms with Crippen LogP contribution in [0.25, 0.3) is 0 Å². The van der Waals surface area contributed by atoms with Crippen LogP contribution < -0.4 is 5.32 Å². The zero-order valence-electron chi connectivity index (χ0n) is 10.8. The Morgan fingerprint density at radius 3 is 2.75 bits per heavy atom. The van der Waals surface area contributed by atoms with Gasteiger partial charge in [-0.15, -0.1) is 0 Å². The van der Waals surface area contributed by atoms with Gasteiger partial charge in [0.05, 0.1) is 11.5 Å². The van der Waals surface area contributed by atoms with Crippen LogP contribution in [0.3, 0.4) is 0 Å². The Balaban J connectivity index is 2.65. The molecule has 0 radical (unpaired) electrons. The Bertz CT molecular complexity index is 508. The van der Waals surface area contributed by atoms with Gasteiger partial charge in [0.2, 0.25) is 0 Å². The first kappa shape index (κ1) is 15.8. The molecule has 0 unspecified atom stereocenters. The molecule has 0 aromatic heterocycles. The minimum Gasteiger partial charge on any atom is -0.466 e. The van der Waals surface area contributed by atoms with E-state index >= 15 is 0 Å². The van der Waals surface area contributed by atoms with Gasteiger partial charge in [0.1, 0.15) is 0 Å². The molecule has 1 rings (SSSR count). The Morgan fingerprint density at radius 2 is 2.15 bits per heavy atom. The molecule has 0 saturated heterocycles. The van der Waals surface area contributed by atoms with E-state index in [1.54, 1.807) is 6.92 Å². The van der Waals surface area contributed by atoms with Crippen molar-refractivity contribution in [2.24, 2.45) is 0 Å². The molecule has 8 heteroatoms. The smallest absolute Gasteiger partial charge is 0.305 e. The highest BCUT2D eigenvalue weighted by molar-refractivity contribution is 5.69. The van der Waals surface area contributed by atoms with E-state index in [4.69, 9.17) is 0 Å². The Hall–Kier alpha value is -2.25. The molecule has 0 aliphatic rings. The molecule has 1 aromatic carbocycles. The second kappa shape index (κ2) is 7.37. The third-order valence-electron chi connectivity index (χ3n) is 2.43. The number of carbonyl (C=O) groups is 1. The van der Waals surface area contributed by atoms with Crippen molar-refractivity contribution in [1.29, 1.82) is 0 Å². The van der Waals surface area contributed by atoms with Crippen LogP contribution in [0, 0.1) is 21.7 Å². The van der Waals surface area contributed by atoms with Gasteiger partial charge in [-0.25, -0.2) is 8.78 Å². The van der Waals surface area contributed by atoms with Gasteiger partial charge >= 0.3 is 5.97 Å². The van der Waals surface area contributed by atoms with Gasteiger partial charge in [-0.1, -0.05) is 0 Å². The van der Waals surface area contributed by atoms with Gasteiger partial charge < -0.3 is 10.1 Å². The third kappa shape index (κ3) is 4.15. The molecule has 110 valence electrons. The summed E-state index contributed by atoms with van der Waals surface area (Å²) in [6, 6.07) is 1.57. The maximum absolute atomic E-state index is 13.5. The quantitative estimate of drug-likeness (QED) is 0.361. The topological polar surface area (TPSA) is 81.5 Å². The number of nitro groups is 1. The number of ether oxygens (including phenoxy) is 1. The molecule has 0 bridgehead atoms. The van der Waals surface area contributed by atoms with Crippen LogP contribution in [0.1, 0.15) is 19.8 Å². The summed E-state index contributed by atoms with van der Waals surface area (Å²) in [4.78, 5) is 21.0. The molecule has 20 heavy (non-hydrogen) atoms. The Kier molecular flexibility index (Phi) is 5.82. The average molecular weight is 288 g/mol. The molecule has 0 spiro atoms. The largest absolute Gasteiger partial charge is 0.466 e. The first-order chi connectivity index (χ1) is 9.47. The molecule has 1 aromatic rings. The highest BCUT2D eigenvalue weighted by atomic mass is 19.2. The van der Waals surface area contributed by atoms with E-state index in [1.807, 2.05) is 0 Å². The number of halogens is 2. The monoisotopic (exact) mass is 288 g/mol. The SMILES string of the molecule is CCOC(=O)CCCNc1c([N+](=O)[O-])ccc(F)c1F. The maximum Gasteiger partial charge on any atom is 0.305 e. The van der Waals surface area contributed by atoms with Crippen LogP contribution in [-0.2, 0) is 9.53 Å². The lowest BCUT2D eigenvalue weighted by Crippen LogP contribution is -2.10. The minimum atomic E-state index is -1.31. The van der Waals surface area contributed by atoms with Gasteiger partial charge in [0, 0.05) is 19.0 Å². The maximum atomic E-state index is 13.5. The van der Waals surface area contributed by atoms with E-state index in [2.05, 4.69) is 10.1 Å². The lowest BCUT2D eigenvalue weighted by atomic mass is 10.2. The Morgan fingerprint density at radius 1 is 1.45 bits per heavy atom. The second-order valence-electron chi connectivity index (χ2n) is 3.85. The molecule has 0 amide bonds. The van der Waals surface area contributed by atoms with Crippen molar-refractivity contribution >= 4 is 17.3 Å². The summed E-state index contributed by atoms with van der Waals surface area (Å²) in [5.41, 5.74) is -1.07. The van der Waals surface area contributed by atoms with Crippen LogP contribution >= 0.6 is 0 Å². The Labute approximate surface area is 113 Å². The van der Waals surface area contributed by atoms with Crippen molar-refractivity contribution in [3.05, 3.63) is 33.9 Å². The van der Waals surface area contributed by atoms with Gasteiger partial charge in [0.15, 0.2) is 17.3 Å². The van der Waals surface area contributed by atoms with Crippen molar-refractivity contribution in [2.75, 3.05) is 18.5 Å². The zero-order valence-corrected chi connectivity index (χ0v) is 10.8. The highest BCUT2D eigenvalue weighted by Crippen LogP contribution is 2.28. The van der Waals surface area contributed by atoms with E-state index in [0.29, 0.717) is 6.07 Å². The van der Waals surface area contributed by atoms with Gasteiger partial charge in [-0.05, 0) is 19.4 Å². The van der Waals surface area contributed by atoms with E-state index in [-0.39, 0.29) is 26.0 Å². The first-order valence-electron chi connectivity index (χ1n) is 5.99. The fourth-order valence-corrected chi connectivity index (χ4v) is 1.54. The van der Waals surface area contributed by atoms with Crippen LogP contribution in [0.2, 0.25) is 0 Å². The molecule has 0 atom stereocenters. The lowest BCUT2D eigenvalue weighted by molar-refractivity contribution is -0.384. The predicted octanol–water partition coefficient (Wildman–Crippen LogP) is 2.63. The number of hydrogen-bond donors (Lipinski definition) is 1. The fraction of sp³-hybridized carbons (Fsp3) is 0.417. The first-order valence-corrected chi connectivity index (χ1v) is 5.99. The number of nitrogens with zero attached hydrogens (tertiary/aromatic N) is 1. The number of carbonyl (C=O) groups excluding carboxylic acids is 1. The number of esters is 1. The van der Waals surface area contributed by atoms with Gasteiger partial charge in [-0.3, -0.25) is 14.9 Å². The zero-order chi connectivity index (χ0) is 15.1. The molecular weight excluding hydrogens is 274 g/mol. The number of benzene rings is 1. The van der Waals surface area contributed by atoms with E-state index in [0.717, 1.165) is 6.07 Å². The predicted molar refractivity (Wildman–Crippen MR) is 67.4 cm³/mol. The number of anilines is 1. The van der Waals surface area contributed by atoms with E-state index in [9.17, 15) is 23.7 Å². The number of nitro benzene ring substituents is 1. The molecule has 1 N–H and O–H groups in total. The summed E-state index contributed by atoms with van der Waals surface area (Å²) >= 11 is 0. The lowest BCUT2D eigenvalue weighted by Gasteiger charge is -2.08. The summed E-state index contributed by atoms with van der Waals surface area (Å²) in [6.45, 7) is 2.01. The standard InChI is InChI=1S/C12H14F2N2O4/c1-2-20-10(17)4-3-7-15-12-9(16(18)19)6-5-8(13)11(12)14/h5-6,15H,2-4,7H2,1H3. The summed E-state index contributed by atoms with van der Waals surface area (Å²) in [5, 5.41) is 13.2. The fourth-order valence-electron chi connectivity index (χ4n) is 1.54. The summed E-state index contributed by atoms with van der Waals surface area (Å²) in [7, 11) is 0. The van der Waals surface area contributed by atoms with E-state index in [1.165, 1.54) is 0 Å². The van der Waals surface area contributed by atoms with Gasteiger partial charge in [0.25, 0.3) is 5.69 Å². The average Bonchev–Trinajstić information content (AvgIpc) is 2.39. The molecule has 0 aliphatic heterocycles. The third-order valence-corrected chi connectivity index (χ3v) is 2.43. The summed E-state index contributed by atoms with van der Waals surface area (Å²) in [6.07, 6.45) is 0.373. The molecular formula is C12H14F2N2O4. The molecule has 0 saturated carbocycles.